The zero-order valence-corrected chi connectivity index (χ0v) is 15.8. The maximum atomic E-state index is 12.5. The van der Waals surface area contributed by atoms with Crippen molar-refractivity contribution in [3.05, 3.63) is 42.5 Å². The number of anilines is 2. The van der Waals surface area contributed by atoms with E-state index < -0.39 is 20.0 Å². The van der Waals surface area contributed by atoms with E-state index in [1.54, 1.807) is 18.2 Å². The second kappa shape index (κ2) is 6.69. The molecule has 0 aliphatic carbocycles. The third kappa shape index (κ3) is 3.70. The minimum atomic E-state index is -3.83. The van der Waals surface area contributed by atoms with Crippen molar-refractivity contribution in [3.8, 4) is 11.5 Å². The van der Waals surface area contributed by atoms with Crippen molar-refractivity contribution in [2.75, 3.05) is 35.5 Å². The average Bonchev–Trinajstić information content (AvgIpc) is 2.60. The number of nitrogens with one attached hydrogen (secondary N) is 1. The number of hydrogen-bond donors (Lipinski definition) is 1. The van der Waals surface area contributed by atoms with Crippen molar-refractivity contribution in [1.82, 2.24) is 0 Å². The maximum Gasteiger partial charge on any atom is 0.261 e. The summed E-state index contributed by atoms with van der Waals surface area (Å²) in [6.07, 6.45) is 1.09. The van der Waals surface area contributed by atoms with Gasteiger partial charge < -0.3 is 9.47 Å². The highest BCUT2D eigenvalue weighted by molar-refractivity contribution is 7.92. The Morgan fingerprint density at radius 2 is 1.77 bits per heavy atom. The Kier molecular flexibility index (Phi) is 4.72. The predicted molar refractivity (Wildman–Crippen MR) is 97.9 cm³/mol. The third-order valence-electron chi connectivity index (χ3n) is 3.80. The van der Waals surface area contributed by atoms with Crippen molar-refractivity contribution in [1.29, 1.82) is 0 Å². The molecule has 0 saturated heterocycles. The van der Waals surface area contributed by atoms with Crippen LogP contribution in [0.4, 0.5) is 11.4 Å². The Labute approximate surface area is 152 Å². The standard InChI is InChI=1S/C16H18N2O6S2/c1-23-13-4-6-14(7-5-13)26(21,22)17-12-3-8-16-15(11-12)18(9-10-24-16)25(2,19)20/h3-8,11,17H,9-10H2,1-2H3. The molecule has 0 radical (unpaired) electrons. The van der Waals surface area contributed by atoms with E-state index in [4.69, 9.17) is 9.47 Å². The van der Waals surface area contributed by atoms with Crippen LogP contribution in [0.3, 0.4) is 0 Å². The Morgan fingerprint density at radius 3 is 2.38 bits per heavy atom. The number of benzene rings is 2. The van der Waals surface area contributed by atoms with Gasteiger partial charge in [0, 0.05) is 0 Å². The Bertz CT molecular complexity index is 1020. The van der Waals surface area contributed by atoms with Crippen molar-refractivity contribution < 1.29 is 26.3 Å². The van der Waals surface area contributed by atoms with E-state index in [1.165, 1.54) is 35.7 Å². The number of sulfonamides is 2. The summed E-state index contributed by atoms with van der Waals surface area (Å²) >= 11 is 0. The highest BCUT2D eigenvalue weighted by atomic mass is 32.2. The van der Waals surface area contributed by atoms with Gasteiger partial charge in [0.05, 0.1) is 36.2 Å². The van der Waals surface area contributed by atoms with Crippen molar-refractivity contribution >= 4 is 31.4 Å². The van der Waals surface area contributed by atoms with E-state index in [1.807, 2.05) is 0 Å². The highest BCUT2D eigenvalue weighted by Crippen LogP contribution is 2.36. The molecule has 3 rings (SSSR count). The molecule has 0 amide bonds. The first-order valence-corrected chi connectivity index (χ1v) is 11.0. The van der Waals surface area contributed by atoms with Gasteiger partial charge in [0.15, 0.2) is 0 Å². The van der Waals surface area contributed by atoms with E-state index in [0.717, 1.165) is 6.26 Å². The van der Waals surface area contributed by atoms with E-state index >= 15 is 0 Å². The van der Waals surface area contributed by atoms with Gasteiger partial charge in [-0.3, -0.25) is 9.03 Å². The molecular formula is C16H18N2O6S2. The first-order valence-electron chi connectivity index (χ1n) is 7.62. The van der Waals surface area contributed by atoms with Gasteiger partial charge in [-0.05, 0) is 42.5 Å². The van der Waals surface area contributed by atoms with Crippen LogP contribution in [0.1, 0.15) is 0 Å². The lowest BCUT2D eigenvalue weighted by Crippen LogP contribution is -2.37. The lowest BCUT2D eigenvalue weighted by Gasteiger charge is -2.29. The van der Waals surface area contributed by atoms with Gasteiger partial charge in [0.25, 0.3) is 10.0 Å². The maximum absolute atomic E-state index is 12.5. The van der Waals surface area contributed by atoms with Gasteiger partial charge in [-0.25, -0.2) is 16.8 Å². The second-order valence-corrected chi connectivity index (χ2v) is 9.24. The summed E-state index contributed by atoms with van der Waals surface area (Å²) in [4.78, 5) is 0.0623. The van der Waals surface area contributed by atoms with Crippen LogP contribution >= 0.6 is 0 Å². The Morgan fingerprint density at radius 1 is 1.08 bits per heavy atom. The molecule has 1 aliphatic rings. The molecule has 2 aromatic carbocycles. The zero-order valence-electron chi connectivity index (χ0n) is 14.2. The number of methoxy groups -OCH3 is 1. The SMILES string of the molecule is COc1ccc(S(=O)(=O)Nc2ccc3c(c2)N(S(C)(=O)=O)CCO3)cc1. The quantitative estimate of drug-likeness (QED) is 0.822. The molecule has 1 N–H and O–H groups in total. The largest absolute Gasteiger partial charge is 0.497 e. The molecule has 0 bridgehead atoms. The van der Waals surface area contributed by atoms with Gasteiger partial charge in [0.1, 0.15) is 18.1 Å². The highest BCUT2D eigenvalue weighted by Gasteiger charge is 2.26. The summed E-state index contributed by atoms with van der Waals surface area (Å²) in [5.74, 6) is 0.924. The van der Waals surface area contributed by atoms with Crippen LogP contribution in [-0.2, 0) is 20.0 Å². The predicted octanol–water partition coefficient (Wildman–Crippen LogP) is 1.65. The van der Waals surface area contributed by atoms with Crippen LogP contribution < -0.4 is 18.5 Å². The summed E-state index contributed by atoms with van der Waals surface area (Å²) in [5.41, 5.74) is 0.535. The van der Waals surface area contributed by atoms with Gasteiger partial charge in [-0.1, -0.05) is 0 Å². The monoisotopic (exact) mass is 398 g/mol. The zero-order chi connectivity index (χ0) is 18.9. The van der Waals surface area contributed by atoms with Crippen LogP contribution in [0.5, 0.6) is 11.5 Å². The topological polar surface area (TPSA) is 102 Å². The minimum absolute atomic E-state index is 0.0623. The molecule has 0 unspecified atom stereocenters. The summed E-state index contributed by atoms with van der Waals surface area (Å²) in [6, 6.07) is 10.4. The van der Waals surface area contributed by atoms with Crippen LogP contribution in [0.2, 0.25) is 0 Å². The number of nitrogens with zero attached hydrogens (tertiary/aromatic N) is 1. The summed E-state index contributed by atoms with van der Waals surface area (Å²) < 4.78 is 63.1. The summed E-state index contributed by atoms with van der Waals surface area (Å²) in [7, 11) is -5.84. The van der Waals surface area contributed by atoms with E-state index in [-0.39, 0.29) is 23.7 Å². The number of fused-ring (bicyclic) bond motifs is 1. The average molecular weight is 398 g/mol. The lowest BCUT2D eigenvalue weighted by molar-refractivity contribution is 0.316. The van der Waals surface area contributed by atoms with Crippen LogP contribution in [0.25, 0.3) is 0 Å². The molecule has 0 fully saturated rings. The fraction of sp³-hybridized carbons (Fsp3) is 0.250. The molecule has 8 nitrogen and oxygen atoms in total. The molecule has 1 aliphatic heterocycles. The first kappa shape index (κ1) is 18.3. The summed E-state index contributed by atoms with van der Waals surface area (Å²) in [6.45, 7) is 0.400. The molecule has 26 heavy (non-hydrogen) atoms. The molecule has 1 heterocycles. The lowest BCUT2D eigenvalue weighted by atomic mass is 10.2. The van der Waals surface area contributed by atoms with Gasteiger partial charge in [-0.2, -0.15) is 0 Å². The van der Waals surface area contributed by atoms with Crippen LogP contribution in [0.15, 0.2) is 47.4 Å². The van der Waals surface area contributed by atoms with E-state index in [9.17, 15) is 16.8 Å². The van der Waals surface area contributed by atoms with Crippen molar-refractivity contribution in [2.45, 2.75) is 4.90 Å². The number of hydrogen-bond acceptors (Lipinski definition) is 6. The molecule has 140 valence electrons. The fourth-order valence-corrected chi connectivity index (χ4v) is 4.53. The number of ether oxygens (including phenoxy) is 2. The molecule has 0 aromatic heterocycles. The minimum Gasteiger partial charge on any atom is -0.497 e. The molecule has 0 atom stereocenters. The van der Waals surface area contributed by atoms with E-state index in [2.05, 4.69) is 4.72 Å². The van der Waals surface area contributed by atoms with E-state index in [0.29, 0.717) is 17.2 Å². The van der Waals surface area contributed by atoms with Crippen LogP contribution in [-0.4, -0.2) is 43.4 Å². The smallest absolute Gasteiger partial charge is 0.261 e. The van der Waals surface area contributed by atoms with Gasteiger partial charge in [-0.15, -0.1) is 0 Å². The molecule has 0 saturated carbocycles. The second-order valence-electron chi connectivity index (χ2n) is 5.65. The third-order valence-corrected chi connectivity index (χ3v) is 6.38. The van der Waals surface area contributed by atoms with Crippen molar-refractivity contribution in [2.24, 2.45) is 0 Å². The Hall–Kier alpha value is -2.46. The molecule has 2 aromatic rings. The van der Waals surface area contributed by atoms with Crippen LogP contribution in [0, 0.1) is 0 Å². The summed E-state index contributed by atoms with van der Waals surface area (Å²) in [5, 5.41) is 0. The van der Waals surface area contributed by atoms with Crippen molar-refractivity contribution in [3.63, 3.8) is 0 Å². The number of rotatable bonds is 5. The molecular weight excluding hydrogens is 380 g/mol. The molecule has 0 spiro atoms. The van der Waals surface area contributed by atoms with Gasteiger partial charge in [0.2, 0.25) is 10.0 Å². The first-order chi connectivity index (χ1) is 12.2. The molecule has 10 heteroatoms. The van der Waals surface area contributed by atoms with Gasteiger partial charge >= 0.3 is 0 Å². The Balaban J connectivity index is 1.93. The fourth-order valence-electron chi connectivity index (χ4n) is 2.57. The normalized spacial score (nSPS) is 14.3.